The summed E-state index contributed by atoms with van der Waals surface area (Å²) in [5.41, 5.74) is 4.99. The van der Waals surface area contributed by atoms with E-state index in [-0.39, 0.29) is 6.17 Å². The summed E-state index contributed by atoms with van der Waals surface area (Å²) >= 11 is 0. The third kappa shape index (κ3) is 2.52. The Labute approximate surface area is 143 Å². The summed E-state index contributed by atoms with van der Waals surface area (Å²) < 4.78 is 0. The lowest BCUT2D eigenvalue weighted by Gasteiger charge is -2.43. The van der Waals surface area contributed by atoms with E-state index in [0.29, 0.717) is 5.92 Å². The number of anilines is 1. The Bertz CT molecular complexity index is 763. The molecule has 0 bridgehead atoms. The maximum Gasteiger partial charge on any atom is 0.160 e. The minimum atomic E-state index is 0.133. The number of amidine groups is 1. The van der Waals surface area contributed by atoms with Gasteiger partial charge in [0.05, 0.1) is 6.54 Å². The van der Waals surface area contributed by atoms with Gasteiger partial charge in [-0.3, -0.25) is 5.01 Å². The van der Waals surface area contributed by atoms with Gasteiger partial charge in [0.15, 0.2) is 5.84 Å². The summed E-state index contributed by atoms with van der Waals surface area (Å²) in [5.74, 6) is 1.62. The molecule has 0 aromatic heterocycles. The minimum absolute atomic E-state index is 0.133. The fourth-order valence-corrected chi connectivity index (χ4v) is 3.44. The highest BCUT2D eigenvalue weighted by Crippen LogP contribution is 2.35. The Balaban J connectivity index is 1.76. The highest BCUT2D eigenvalue weighted by Gasteiger charge is 2.33. The predicted molar refractivity (Wildman–Crippen MR) is 99.2 cm³/mol. The average molecular weight is 320 g/mol. The van der Waals surface area contributed by atoms with Gasteiger partial charge in [0.1, 0.15) is 6.17 Å². The Hall–Kier alpha value is -2.49. The van der Waals surface area contributed by atoms with Crippen LogP contribution in [0.5, 0.6) is 0 Å². The normalized spacial score (nSPS) is 19.5. The lowest BCUT2D eigenvalue weighted by atomic mass is 9.98. The molecule has 0 fully saturated rings. The standard InChI is InChI=1S/C20H24N4/c1-14(2)15-8-10-16(11-9-15)19-21-18-7-5-4-6-17(18)20-22-23(3)12-13-24(19)20/h4-11,14,19,21H,12-13H2,1-3H3. The molecule has 4 nitrogen and oxygen atoms in total. The van der Waals surface area contributed by atoms with E-state index >= 15 is 0 Å². The van der Waals surface area contributed by atoms with Crippen molar-refractivity contribution in [3.63, 3.8) is 0 Å². The van der Waals surface area contributed by atoms with Crippen LogP contribution in [-0.2, 0) is 0 Å². The molecule has 0 saturated carbocycles. The van der Waals surface area contributed by atoms with Gasteiger partial charge in [-0.05, 0) is 29.2 Å². The number of hydrogen-bond donors (Lipinski definition) is 1. The van der Waals surface area contributed by atoms with E-state index in [9.17, 15) is 0 Å². The Morgan fingerprint density at radius 2 is 1.79 bits per heavy atom. The number of fused-ring (bicyclic) bond motifs is 3. The fourth-order valence-electron chi connectivity index (χ4n) is 3.44. The van der Waals surface area contributed by atoms with Gasteiger partial charge in [-0.25, -0.2) is 0 Å². The third-order valence-electron chi connectivity index (χ3n) is 4.89. The lowest BCUT2D eigenvalue weighted by Crippen LogP contribution is -2.49. The van der Waals surface area contributed by atoms with Crippen LogP contribution >= 0.6 is 0 Å². The Morgan fingerprint density at radius 3 is 2.54 bits per heavy atom. The molecule has 1 N–H and O–H groups in total. The van der Waals surface area contributed by atoms with Crippen LogP contribution in [0, 0.1) is 0 Å². The molecule has 2 aromatic carbocycles. The molecule has 0 saturated heterocycles. The molecule has 2 aromatic rings. The monoisotopic (exact) mass is 320 g/mol. The zero-order chi connectivity index (χ0) is 16.7. The van der Waals surface area contributed by atoms with Crippen molar-refractivity contribution in [2.45, 2.75) is 25.9 Å². The molecule has 1 atom stereocenters. The summed E-state index contributed by atoms with van der Waals surface area (Å²) in [6.07, 6.45) is 0.133. The predicted octanol–water partition coefficient (Wildman–Crippen LogP) is 3.84. The first-order chi connectivity index (χ1) is 11.6. The zero-order valence-electron chi connectivity index (χ0n) is 14.5. The zero-order valence-corrected chi connectivity index (χ0v) is 14.5. The first-order valence-corrected chi connectivity index (χ1v) is 8.65. The number of hydrazone groups is 1. The molecule has 0 spiro atoms. The second-order valence-electron chi connectivity index (χ2n) is 6.91. The van der Waals surface area contributed by atoms with Gasteiger partial charge in [0.25, 0.3) is 0 Å². The number of rotatable bonds is 2. The van der Waals surface area contributed by atoms with Gasteiger partial charge >= 0.3 is 0 Å². The molecule has 2 aliphatic rings. The van der Waals surface area contributed by atoms with Crippen LogP contribution < -0.4 is 5.32 Å². The first kappa shape index (κ1) is 15.1. The molecule has 4 heteroatoms. The highest BCUT2D eigenvalue weighted by atomic mass is 15.5. The molecule has 4 rings (SSSR count). The van der Waals surface area contributed by atoms with Gasteiger partial charge in [0, 0.05) is 24.8 Å². The van der Waals surface area contributed by atoms with E-state index in [2.05, 4.69) is 72.6 Å². The van der Waals surface area contributed by atoms with Crippen LogP contribution in [0.4, 0.5) is 5.69 Å². The van der Waals surface area contributed by atoms with Crippen molar-refractivity contribution < 1.29 is 0 Å². The summed E-state index contributed by atoms with van der Waals surface area (Å²) in [6, 6.07) is 17.4. The Kier molecular flexibility index (Phi) is 3.68. The third-order valence-corrected chi connectivity index (χ3v) is 4.89. The van der Waals surface area contributed by atoms with Crippen molar-refractivity contribution in [2.75, 3.05) is 25.5 Å². The largest absolute Gasteiger partial charge is 0.361 e. The molecular weight excluding hydrogens is 296 g/mol. The summed E-state index contributed by atoms with van der Waals surface area (Å²) in [5, 5.41) is 10.5. The van der Waals surface area contributed by atoms with Crippen LogP contribution in [-0.4, -0.2) is 35.9 Å². The summed E-state index contributed by atoms with van der Waals surface area (Å²) in [6.45, 7) is 6.37. The summed E-state index contributed by atoms with van der Waals surface area (Å²) in [7, 11) is 2.04. The van der Waals surface area contributed by atoms with E-state index in [1.54, 1.807) is 0 Å². The van der Waals surface area contributed by atoms with E-state index < -0.39 is 0 Å². The van der Waals surface area contributed by atoms with Crippen molar-refractivity contribution in [3.05, 3.63) is 65.2 Å². The summed E-state index contributed by atoms with van der Waals surface area (Å²) in [4.78, 5) is 2.38. The van der Waals surface area contributed by atoms with Crippen LogP contribution in [0.15, 0.2) is 53.6 Å². The SMILES string of the molecule is CC(C)c1ccc(C2Nc3ccccc3C3=NN(C)CCN32)cc1. The molecular formula is C20H24N4. The average Bonchev–Trinajstić information content (AvgIpc) is 2.61. The van der Waals surface area contributed by atoms with E-state index in [4.69, 9.17) is 5.10 Å². The molecule has 24 heavy (non-hydrogen) atoms. The number of para-hydroxylation sites is 1. The van der Waals surface area contributed by atoms with Gasteiger partial charge in [-0.15, -0.1) is 0 Å². The first-order valence-electron chi connectivity index (χ1n) is 8.65. The maximum absolute atomic E-state index is 4.80. The maximum atomic E-state index is 4.80. The van der Waals surface area contributed by atoms with E-state index in [1.165, 1.54) is 16.7 Å². The molecule has 2 aliphatic heterocycles. The van der Waals surface area contributed by atoms with Gasteiger partial charge < -0.3 is 10.2 Å². The lowest BCUT2D eigenvalue weighted by molar-refractivity contribution is 0.230. The molecule has 2 heterocycles. The minimum Gasteiger partial charge on any atom is -0.361 e. The fraction of sp³-hybridized carbons (Fsp3) is 0.350. The second-order valence-corrected chi connectivity index (χ2v) is 6.91. The highest BCUT2D eigenvalue weighted by molar-refractivity contribution is 6.05. The second kappa shape index (κ2) is 5.86. The van der Waals surface area contributed by atoms with E-state index in [1.807, 2.05) is 12.1 Å². The van der Waals surface area contributed by atoms with Gasteiger partial charge in [-0.1, -0.05) is 50.2 Å². The quantitative estimate of drug-likeness (QED) is 0.912. The molecule has 0 aliphatic carbocycles. The van der Waals surface area contributed by atoms with Crippen LogP contribution in [0.1, 0.15) is 42.6 Å². The smallest absolute Gasteiger partial charge is 0.160 e. The topological polar surface area (TPSA) is 30.9 Å². The molecule has 124 valence electrons. The number of hydrogen-bond acceptors (Lipinski definition) is 4. The number of likely N-dealkylation sites (N-methyl/N-ethyl adjacent to an activating group) is 1. The van der Waals surface area contributed by atoms with Crippen LogP contribution in [0.2, 0.25) is 0 Å². The van der Waals surface area contributed by atoms with Crippen molar-refractivity contribution in [3.8, 4) is 0 Å². The van der Waals surface area contributed by atoms with Crippen LogP contribution in [0.3, 0.4) is 0 Å². The molecule has 0 amide bonds. The number of nitrogens with zero attached hydrogens (tertiary/aromatic N) is 3. The number of nitrogens with one attached hydrogen (secondary N) is 1. The number of benzene rings is 2. The molecule has 1 unspecified atom stereocenters. The van der Waals surface area contributed by atoms with Crippen molar-refractivity contribution in [1.82, 2.24) is 9.91 Å². The van der Waals surface area contributed by atoms with Gasteiger partial charge in [0.2, 0.25) is 0 Å². The van der Waals surface area contributed by atoms with Crippen molar-refractivity contribution in [2.24, 2.45) is 5.10 Å². The van der Waals surface area contributed by atoms with E-state index in [0.717, 1.165) is 24.6 Å². The van der Waals surface area contributed by atoms with Crippen LogP contribution in [0.25, 0.3) is 0 Å². The Morgan fingerprint density at radius 1 is 1.04 bits per heavy atom. The van der Waals surface area contributed by atoms with Gasteiger partial charge in [-0.2, -0.15) is 5.10 Å². The van der Waals surface area contributed by atoms with Crippen molar-refractivity contribution in [1.29, 1.82) is 0 Å². The molecule has 0 radical (unpaired) electrons. The van der Waals surface area contributed by atoms with Crippen molar-refractivity contribution >= 4 is 11.5 Å².